The van der Waals surface area contributed by atoms with Crippen molar-refractivity contribution in [2.75, 3.05) is 13.2 Å². The van der Waals surface area contributed by atoms with Crippen LogP contribution in [0.3, 0.4) is 0 Å². The van der Waals surface area contributed by atoms with E-state index in [-0.39, 0.29) is 0 Å². The molecule has 0 spiro atoms. The van der Waals surface area contributed by atoms with E-state index >= 15 is 0 Å². The number of rotatable bonds is 0. The Bertz CT molecular complexity index is 174. The summed E-state index contributed by atoms with van der Waals surface area (Å²) in [6.45, 7) is 10.8. The summed E-state index contributed by atoms with van der Waals surface area (Å²) < 4.78 is 5.69. The molecular formula is C12H25NOS. The van der Waals surface area contributed by atoms with Gasteiger partial charge in [-0.05, 0) is 47.0 Å². The summed E-state index contributed by atoms with van der Waals surface area (Å²) in [4.78, 5) is 0. The lowest BCUT2D eigenvalue weighted by atomic mass is 9.90. The maximum atomic E-state index is 5.91. The second-order valence-electron chi connectivity index (χ2n) is 5.46. The van der Waals surface area contributed by atoms with Crippen molar-refractivity contribution in [3.63, 3.8) is 0 Å². The van der Waals surface area contributed by atoms with Crippen molar-refractivity contribution in [1.29, 1.82) is 0 Å². The third-order valence-electron chi connectivity index (χ3n) is 3.10. The highest BCUT2D eigenvalue weighted by atomic mass is 32.2. The quantitative estimate of drug-likeness (QED) is 0.696. The molecule has 2 rings (SSSR count). The van der Waals surface area contributed by atoms with E-state index in [1.807, 2.05) is 11.8 Å². The van der Waals surface area contributed by atoms with Gasteiger partial charge in [-0.2, -0.15) is 0 Å². The minimum atomic E-state index is 0.309. The molecule has 0 aromatic rings. The molecule has 90 valence electrons. The highest BCUT2D eigenvalue weighted by molar-refractivity contribution is 8.03. The fourth-order valence-electron chi connectivity index (χ4n) is 2.27. The lowest BCUT2D eigenvalue weighted by Crippen LogP contribution is -2.63. The first kappa shape index (κ1) is 13.3. The normalized spacial score (nSPS) is 28.6. The Morgan fingerprint density at radius 2 is 1.47 bits per heavy atom. The average molecular weight is 231 g/mol. The predicted octanol–water partition coefficient (Wildman–Crippen LogP) is 2.80. The molecule has 2 saturated heterocycles. The van der Waals surface area contributed by atoms with Crippen molar-refractivity contribution < 1.29 is 4.74 Å². The molecule has 0 bridgehead atoms. The van der Waals surface area contributed by atoms with E-state index in [1.165, 1.54) is 19.3 Å². The van der Waals surface area contributed by atoms with Crippen LogP contribution in [0, 0.1) is 0 Å². The minimum Gasteiger partial charge on any atom is -0.381 e. The van der Waals surface area contributed by atoms with E-state index in [1.54, 1.807) is 0 Å². The van der Waals surface area contributed by atoms with Crippen molar-refractivity contribution in [2.45, 2.75) is 62.5 Å². The molecule has 2 fully saturated rings. The van der Waals surface area contributed by atoms with Crippen LogP contribution < -0.4 is 5.73 Å². The number of hydrogen-bond donors (Lipinski definition) is 1. The van der Waals surface area contributed by atoms with Crippen molar-refractivity contribution in [3.8, 4) is 0 Å². The lowest BCUT2D eigenvalue weighted by molar-refractivity contribution is 0.0968. The van der Waals surface area contributed by atoms with Gasteiger partial charge in [0.2, 0.25) is 0 Å². The Morgan fingerprint density at radius 3 is 1.53 bits per heavy atom. The molecule has 2 N–H and O–H groups in total. The van der Waals surface area contributed by atoms with Gasteiger partial charge in [0.05, 0.1) is 0 Å². The Balaban J connectivity index is 0.000000162. The third kappa shape index (κ3) is 3.65. The molecule has 2 nitrogen and oxygen atoms in total. The predicted molar refractivity (Wildman–Crippen MR) is 68.4 cm³/mol. The van der Waals surface area contributed by atoms with Gasteiger partial charge in [-0.3, -0.25) is 0 Å². The fraction of sp³-hybridized carbons (Fsp3) is 1.00. The van der Waals surface area contributed by atoms with Crippen LogP contribution >= 0.6 is 11.8 Å². The monoisotopic (exact) mass is 231 g/mol. The van der Waals surface area contributed by atoms with Crippen LogP contribution in [-0.2, 0) is 4.74 Å². The van der Waals surface area contributed by atoms with E-state index < -0.39 is 0 Å². The molecule has 0 amide bonds. The molecular weight excluding hydrogens is 206 g/mol. The van der Waals surface area contributed by atoms with Crippen LogP contribution in [-0.4, -0.2) is 28.7 Å². The molecule has 2 aliphatic rings. The van der Waals surface area contributed by atoms with Crippen LogP contribution in [0.25, 0.3) is 0 Å². The third-order valence-corrected chi connectivity index (χ3v) is 4.66. The minimum absolute atomic E-state index is 0.309. The second kappa shape index (κ2) is 5.07. The van der Waals surface area contributed by atoms with Crippen LogP contribution in [0.5, 0.6) is 0 Å². The molecule has 0 saturated carbocycles. The van der Waals surface area contributed by atoms with E-state index in [4.69, 9.17) is 10.5 Å². The highest BCUT2D eigenvalue weighted by Crippen LogP contribution is 2.53. The molecule has 3 heteroatoms. The first-order valence-electron chi connectivity index (χ1n) is 5.90. The van der Waals surface area contributed by atoms with Gasteiger partial charge >= 0.3 is 0 Å². The summed E-state index contributed by atoms with van der Waals surface area (Å²) >= 11 is 1.97. The average Bonchev–Trinajstić information content (AvgIpc) is 2.19. The van der Waals surface area contributed by atoms with Crippen molar-refractivity contribution in [3.05, 3.63) is 0 Å². The summed E-state index contributed by atoms with van der Waals surface area (Å²) in [5.74, 6) is 0. The van der Waals surface area contributed by atoms with Gasteiger partial charge in [-0.1, -0.05) is 0 Å². The maximum absolute atomic E-state index is 5.91. The summed E-state index contributed by atoms with van der Waals surface area (Å²) in [5, 5.41) is 0. The Kier molecular flexibility index (Phi) is 4.50. The molecule has 2 aliphatic heterocycles. The van der Waals surface area contributed by atoms with Gasteiger partial charge in [0.15, 0.2) is 0 Å². The number of nitrogens with two attached hydrogens (primary N) is 1. The van der Waals surface area contributed by atoms with Crippen LogP contribution in [0.15, 0.2) is 0 Å². The maximum Gasteiger partial charge on any atom is 0.0466 e. The molecule has 2 heterocycles. The summed E-state index contributed by atoms with van der Waals surface area (Å²) in [6, 6.07) is 0.356. The van der Waals surface area contributed by atoms with Gasteiger partial charge < -0.3 is 10.5 Å². The van der Waals surface area contributed by atoms with E-state index in [2.05, 4.69) is 27.7 Å². The first-order valence-corrected chi connectivity index (χ1v) is 6.71. The van der Waals surface area contributed by atoms with Crippen molar-refractivity contribution in [1.82, 2.24) is 0 Å². The molecule has 15 heavy (non-hydrogen) atoms. The topological polar surface area (TPSA) is 35.2 Å². The fourth-order valence-corrected chi connectivity index (χ4v) is 4.28. The number of hydrogen-bond acceptors (Lipinski definition) is 3. The van der Waals surface area contributed by atoms with E-state index in [0.717, 1.165) is 13.2 Å². The number of thioether (sulfide) groups is 1. The van der Waals surface area contributed by atoms with Gasteiger partial charge in [0.1, 0.15) is 0 Å². The Morgan fingerprint density at radius 1 is 1.00 bits per heavy atom. The standard InChI is InChI=1S/C7H15NS.C5H10O/c1-6(2)5(8)7(3,4)9-6;1-2-4-6-5-3-1/h5H,8H2,1-4H3;1-5H2. The molecule has 0 aromatic heterocycles. The molecule has 0 unspecified atom stereocenters. The van der Waals surface area contributed by atoms with Crippen molar-refractivity contribution >= 4 is 11.8 Å². The molecule has 0 aliphatic carbocycles. The highest BCUT2D eigenvalue weighted by Gasteiger charge is 2.51. The SMILES string of the molecule is C1CCOCC1.CC1(C)SC(C)(C)C1N. The van der Waals surface area contributed by atoms with Crippen LogP contribution in [0.4, 0.5) is 0 Å². The molecule has 0 atom stereocenters. The smallest absolute Gasteiger partial charge is 0.0466 e. The lowest BCUT2D eigenvalue weighted by Gasteiger charge is -2.54. The zero-order valence-electron chi connectivity index (χ0n) is 10.5. The van der Waals surface area contributed by atoms with Gasteiger partial charge in [-0.25, -0.2) is 0 Å². The van der Waals surface area contributed by atoms with Crippen molar-refractivity contribution in [2.24, 2.45) is 5.73 Å². The zero-order valence-corrected chi connectivity index (χ0v) is 11.3. The van der Waals surface area contributed by atoms with E-state index in [0.29, 0.717) is 15.5 Å². The molecule has 0 aromatic carbocycles. The Labute approximate surface area is 98.3 Å². The summed E-state index contributed by atoms with van der Waals surface area (Å²) in [6.07, 6.45) is 3.93. The van der Waals surface area contributed by atoms with Crippen LogP contribution in [0.2, 0.25) is 0 Å². The Hall–Kier alpha value is 0.270. The molecule has 0 radical (unpaired) electrons. The largest absolute Gasteiger partial charge is 0.381 e. The zero-order chi connectivity index (χ0) is 11.5. The summed E-state index contributed by atoms with van der Waals surface area (Å²) in [5.41, 5.74) is 5.91. The number of ether oxygens (including phenoxy) is 1. The van der Waals surface area contributed by atoms with Crippen LogP contribution in [0.1, 0.15) is 47.0 Å². The van der Waals surface area contributed by atoms with Gasteiger partial charge in [0.25, 0.3) is 0 Å². The summed E-state index contributed by atoms with van der Waals surface area (Å²) in [7, 11) is 0. The second-order valence-corrected chi connectivity index (χ2v) is 7.77. The van der Waals surface area contributed by atoms with E-state index in [9.17, 15) is 0 Å². The van der Waals surface area contributed by atoms with Gasteiger partial charge in [0, 0.05) is 28.7 Å². The van der Waals surface area contributed by atoms with Gasteiger partial charge in [-0.15, -0.1) is 11.8 Å². The first-order chi connectivity index (χ1) is 6.86.